The van der Waals surface area contributed by atoms with Crippen LogP contribution in [0, 0.1) is 10.1 Å². The number of nitrogens with zero attached hydrogens (tertiary/aromatic N) is 2. The molecule has 1 saturated heterocycles. The highest BCUT2D eigenvalue weighted by Gasteiger charge is 2.78. The number of hydrogen-bond donors (Lipinski definition) is 0. The van der Waals surface area contributed by atoms with Crippen LogP contribution in [0.2, 0.25) is 0 Å². The molecule has 0 saturated carbocycles. The van der Waals surface area contributed by atoms with Gasteiger partial charge in [-0.2, -0.15) is 30.7 Å². The molecule has 32 heavy (non-hydrogen) atoms. The fourth-order valence-corrected chi connectivity index (χ4v) is 3.72. The van der Waals surface area contributed by atoms with Gasteiger partial charge in [-0.05, 0) is 12.1 Å². The third-order valence-electron chi connectivity index (χ3n) is 4.21. The highest BCUT2D eigenvalue weighted by molar-refractivity contribution is 7.92. The van der Waals surface area contributed by atoms with Gasteiger partial charge in [-0.25, -0.2) is 8.42 Å². The molecule has 0 N–H and O–H groups in total. The monoisotopic (exact) mass is 498 g/mol. The summed E-state index contributed by atoms with van der Waals surface area (Å²) in [4.78, 5) is 21.2. The summed E-state index contributed by atoms with van der Waals surface area (Å²) in [5.41, 5.74) is -1.35. The van der Waals surface area contributed by atoms with E-state index in [2.05, 4.69) is 0 Å². The number of hydrogen-bond acceptors (Lipinski definition) is 7. The second kappa shape index (κ2) is 8.68. The molecule has 0 bridgehead atoms. The second-order valence-corrected chi connectivity index (χ2v) is 8.25. The zero-order valence-corrected chi connectivity index (χ0v) is 16.4. The van der Waals surface area contributed by atoms with E-state index in [1.165, 1.54) is 4.90 Å². The van der Waals surface area contributed by atoms with Crippen molar-refractivity contribution in [3.8, 4) is 5.75 Å². The molecule has 1 aliphatic heterocycles. The number of rotatable bonds is 7. The van der Waals surface area contributed by atoms with Crippen molar-refractivity contribution in [2.45, 2.75) is 22.2 Å². The Balaban J connectivity index is 2.36. The van der Waals surface area contributed by atoms with Gasteiger partial charge >= 0.3 is 23.0 Å². The number of carbonyl (C=O) groups excluding carboxylic acids is 1. The molecule has 0 unspecified atom stereocenters. The maximum atomic E-state index is 13.7. The van der Waals surface area contributed by atoms with Crippen molar-refractivity contribution in [2.24, 2.45) is 0 Å². The van der Waals surface area contributed by atoms with Gasteiger partial charge in [0, 0.05) is 19.2 Å². The van der Waals surface area contributed by atoms with Crippen molar-refractivity contribution < 1.29 is 58.3 Å². The number of sulfone groups is 1. The minimum atomic E-state index is -6.99. The first kappa shape index (κ1) is 25.6. The third-order valence-corrected chi connectivity index (χ3v) is 6.02. The number of benzene rings is 1. The van der Waals surface area contributed by atoms with Crippen molar-refractivity contribution in [1.29, 1.82) is 0 Å². The number of ether oxygens (including phenoxy) is 2. The van der Waals surface area contributed by atoms with Crippen LogP contribution in [-0.4, -0.2) is 74.4 Å². The summed E-state index contributed by atoms with van der Waals surface area (Å²) < 4.78 is 124. The Morgan fingerprint density at radius 1 is 1.12 bits per heavy atom. The number of halogens is 7. The molecule has 1 aromatic carbocycles. The normalized spacial score (nSPS) is 16.0. The van der Waals surface area contributed by atoms with Crippen LogP contribution in [0.4, 0.5) is 36.4 Å². The number of amides is 1. The predicted molar refractivity (Wildman–Crippen MR) is 89.1 cm³/mol. The van der Waals surface area contributed by atoms with Crippen LogP contribution in [0.25, 0.3) is 0 Å². The highest BCUT2D eigenvalue weighted by atomic mass is 32.2. The van der Waals surface area contributed by atoms with Gasteiger partial charge in [-0.3, -0.25) is 14.9 Å². The number of carbonyl (C=O) groups is 1. The topological polar surface area (TPSA) is 116 Å². The minimum Gasteiger partial charge on any atom is -0.477 e. The lowest BCUT2D eigenvalue weighted by Crippen LogP contribution is -2.55. The molecule has 2 rings (SSSR count). The smallest absolute Gasteiger partial charge is 0.461 e. The molecule has 9 nitrogen and oxygen atoms in total. The van der Waals surface area contributed by atoms with Crippen molar-refractivity contribution in [3.63, 3.8) is 0 Å². The first-order valence-electron chi connectivity index (χ1n) is 8.38. The van der Waals surface area contributed by atoms with Crippen LogP contribution in [0.5, 0.6) is 5.75 Å². The molecule has 0 aliphatic carbocycles. The van der Waals surface area contributed by atoms with Crippen LogP contribution in [0.15, 0.2) is 23.1 Å². The average Bonchev–Trinajstić information content (AvgIpc) is 2.71. The van der Waals surface area contributed by atoms with Crippen LogP contribution in [-0.2, 0) is 19.4 Å². The Morgan fingerprint density at radius 3 is 2.19 bits per heavy atom. The van der Waals surface area contributed by atoms with E-state index < -0.39 is 61.0 Å². The molecule has 180 valence electrons. The van der Waals surface area contributed by atoms with Crippen molar-refractivity contribution in [3.05, 3.63) is 28.3 Å². The predicted octanol–water partition coefficient (Wildman–Crippen LogP) is 2.40. The average molecular weight is 498 g/mol. The fourth-order valence-electron chi connectivity index (χ4n) is 2.45. The van der Waals surface area contributed by atoms with Gasteiger partial charge in [-0.15, -0.1) is 0 Å². The number of morpholine rings is 1. The molecule has 1 fully saturated rings. The molecule has 0 spiro atoms. The van der Waals surface area contributed by atoms with Gasteiger partial charge in [0.25, 0.3) is 15.7 Å². The van der Waals surface area contributed by atoms with Crippen molar-refractivity contribution in [1.82, 2.24) is 4.90 Å². The summed E-state index contributed by atoms with van der Waals surface area (Å²) in [5, 5.41) is 4.48. The van der Waals surface area contributed by atoms with Gasteiger partial charge < -0.3 is 14.4 Å². The zero-order chi connectivity index (χ0) is 24.5. The molecule has 1 amide bonds. The Bertz CT molecular complexity index is 992. The summed E-state index contributed by atoms with van der Waals surface area (Å²) in [6.07, 6.45) is -6.93. The quantitative estimate of drug-likeness (QED) is 0.322. The molecule has 1 aromatic rings. The van der Waals surface area contributed by atoms with E-state index in [0.29, 0.717) is 6.07 Å². The lowest BCUT2D eigenvalue weighted by atomic mass is 10.3. The molecule has 0 aromatic heterocycles. The van der Waals surface area contributed by atoms with Crippen LogP contribution < -0.4 is 4.74 Å². The second-order valence-electron chi connectivity index (χ2n) is 6.26. The minimum absolute atomic E-state index is 0.122. The van der Waals surface area contributed by atoms with E-state index in [-0.39, 0.29) is 38.4 Å². The third kappa shape index (κ3) is 4.57. The van der Waals surface area contributed by atoms with E-state index in [9.17, 15) is 54.1 Å². The summed E-state index contributed by atoms with van der Waals surface area (Å²) in [7, 11) is -6.75. The first-order chi connectivity index (χ1) is 14.5. The molecule has 17 heteroatoms. The van der Waals surface area contributed by atoms with E-state index in [0.717, 1.165) is 0 Å². The molecule has 1 heterocycles. The summed E-state index contributed by atoms with van der Waals surface area (Å²) in [6, 6.07) is 0.348. The summed E-state index contributed by atoms with van der Waals surface area (Å²) in [6.45, 7) is 0.00755. The molecular formula is C15H13F7N2O7S. The van der Waals surface area contributed by atoms with E-state index in [1.54, 1.807) is 0 Å². The molecule has 0 radical (unpaired) electrons. The molecular weight excluding hydrogens is 485 g/mol. The summed E-state index contributed by atoms with van der Waals surface area (Å²) in [5.74, 6) is -8.45. The van der Waals surface area contributed by atoms with Crippen molar-refractivity contribution in [2.75, 3.05) is 32.9 Å². The molecule has 0 atom stereocenters. The fraction of sp³-hybridized carbons (Fsp3) is 0.533. The van der Waals surface area contributed by atoms with E-state index in [1.807, 2.05) is 0 Å². The van der Waals surface area contributed by atoms with Gasteiger partial charge in [-0.1, -0.05) is 0 Å². The number of nitro benzene ring substituents is 1. The van der Waals surface area contributed by atoms with E-state index >= 15 is 0 Å². The van der Waals surface area contributed by atoms with Gasteiger partial charge in [0.05, 0.1) is 23.0 Å². The largest absolute Gasteiger partial charge is 0.477 e. The summed E-state index contributed by atoms with van der Waals surface area (Å²) >= 11 is 0. The maximum Gasteiger partial charge on any atom is 0.461 e. The van der Waals surface area contributed by atoms with Gasteiger partial charge in [0.2, 0.25) is 0 Å². The standard InChI is InChI=1S/C15H13F7N2O7S/c16-13(17,14(18,19)20)15(21,22)32(28,29)9-1-2-11(10(7-9)24(26)27)31-8-12(25)23-3-5-30-6-4-23/h1-2,7H,3-6,8H2. The number of nitro groups is 1. The lowest BCUT2D eigenvalue weighted by molar-refractivity contribution is -0.386. The number of alkyl halides is 7. The Kier molecular flexibility index (Phi) is 6.94. The zero-order valence-electron chi connectivity index (χ0n) is 15.6. The van der Waals surface area contributed by atoms with Crippen molar-refractivity contribution >= 4 is 21.4 Å². The van der Waals surface area contributed by atoms with Gasteiger partial charge in [0.1, 0.15) is 0 Å². The first-order valence-corrected chi connectivity index (χ1v) is 9.86. The van der Waals surface area contributed by atoms with Crippen LogP contribution in [0.3, 0.4) is 0 Å². The SMILES string of the molecule is O=C(COc1ccc(S(=O)(=O)C(F)(F)C(F)(F)C(F)(F)F)cc1[N+](=O)[O-])N1CCOCC1. The van der Waals surface area contributed by atoms with Gasteiger partial charge in [0.15, 0.2) is 12.4 Å². The maximum absolute atomic E-state index is 13.7. The molecule has 1 aliphatic rings. The Labute approximate surface area is 174 Å². The van der Waals surface area contributed by atoms with E-state index in [4.69, 9.17) is 9.47 Å². The van der Waals surface area contributed by atoms with Crippen LogP contribution in [0.1, 0.15) is 0 Å². The van der Waals surface area contributed by atoms with Crippen LogP contribution >= 0.6 is 0 Å². The Hall–Kier alpha value is -2.69. The Morgan fingerprint density at radius 2 is 1.69 bits per heavy atom. The lowest BCUT2D eigenvalue weighted by Gasteiger charge is -2.27. The highest BCUT2D eigenvalue weighted by Crippen LogP contribution is 2.51.